The summed E-state index contributed by atoms with van der Waals surface area (Å²) in [4.78, 5) is 35.3. The lowest BCUT2D eigenvalue weighted by molar-refractivity contribution is -0.136. The number of fused-ring (bicyclic) bond motifs is 1. The van der Waals surface area contributed by atoms with E-state index in [-0.39, 0.29) is 17.7 Å². The van der Waals surface area contributed by atoms with Crippen LogP contribution in [-0.4, -0.2) is 46.4 Å². The Morgan fingerprint density at radius 3 is 3.04 bits per heavy atom. The molecule has 4 rings (SSSR count). The van der Waals surface area contributed by atoms with Crippen LogP contribution in [0.25, 0.3) is 0 Å². The first-order valence-electron chi connectivity index (χ1n) is 9.32. The summed E-state index contributed by atoms with van der Waals surface area (Å²) in [6, 6.07) is 3.60. The molecule has 0 saturated carbocycles. The van der Waals surface area contributed by atoms with Gasteiger partial charge in [-0.3, -0.25) is 19.6 Å². The smallest absolute Gasteiger partial charge is 0.253 e. The van der Waals surface area contributed by atoms with Crippen molar-refractivity contribution >= 4 is 23.4 Å². The third kappa shape index (κ3) is 4.00. The van der Waals surface area contributed by atoms with Crippen LogP contribution in [0.3, 0.4) is 0 Å². The number of halogens is 1. The van der Waals surface area contributed by atoms with Gasteiger partial charge >= 0.3 is 0 Å². The Labute approximate surface area is 168 Å². The molecule has 1 fully saturated rings. The molecule has 28 heavy (non-hydrogen) atoms. The zero-order valence-corrected chi connectivity index (χ0v) is 16.1. The van der Waals surface area contributed by atoms with Crippen molar-refractivity contribution in [3.63, 3.8) is 0 Å². The zero-order valence-electron chi connectivity index (χ0n) is 15.4. The number of carbonyl (C=O) groups excluding carboxylic acids is 2. The highest BCUT2D eigenvalue weighted by molar-refractivity contribution is 6.33. The molecule has 7 nitrogen and oxygen atoms in total. The molecule has 2 aliphatic rings. The highest BCUT2D eigenvalue weighted by Gasteiger charge is 2.30. The van der Waals surface area contributed by atoms with E-state index < -0.39 is 0 Å². The lowest BCUT2D eigenvalue weighted by atomic mass is 10.0. The highest BCUT2D eigenvalue weighted by Crippen LogP contribution is 2.23. The van der Waals surface area contributed by atoms with Crippen LogP contribution in [0.2, 0.25) is 5.02 Å². The second-order valence-electron chi connectivity index (χ2n) is 7.06. The monoisotopic (exact) mass is 400 g/mol. The number of nitrogens with one attached hydrogen (secondary N) is 1. The Morgan fingerprint density at radius 1 is 1.36 bits per heavy atom. The number of amides is 2. The summed E-state index contributed by atoms with van der Waals surface area (Å²) < 4.78 is 5.34. The number of carbonyl (C=O) groups is 2. The Hall–Kier alpha value is -2.51. The molecule has 2 aliphatic heterocycles. The van der Waals surface area contributed by atoms with E-state index in [1.165, 1.54) is 12.4 Å². The van der Waals surface area contributed by atoms with E-state index in [2.05, 4.69) is 15.3 Å². The van der Waals surface area contributed by atoms with Gasteiger partial charge in [-0.1, -0.05) is 11.6 Å². The summed E-state index contributed by atoms with van der Waals surface area (Å²) in [6.07, 6.45) is 6.29. The van der Waals surface area contributed by atoms with Crippen LogP contribution in [0.15, 0.2) is 30.7 Å². The molecule has 146 valence electrons. The summed E-state index contributed by atoms with van der Waals surface area (Å²) >= 11 is 6.01. The van der Waals surface area contributed by atoms with Crippen molar-refractivity contribution in [2.45, 2.75) is 25.9 Å². The molecule has 2 aromatic heterocycles. The highest BCUT2D eigenvalue weighted by atomic mass is 35.5. The SMILES string of the molecule is O=C(NCc1cnc2c(c1)CN(C(=O)C1CCOC1)CC2)c1ccncc1Cl. The molecule has 0 aromatic carbocycles. The molecule has 8 heteroatoms. The third-order valence-corrected chi connectivity index (χ3v) is 5.46. The summed E-state index contributed by atoms with van der Waals surface area (Å²) in [5.74, 6) is -0.126. The van der Waals surface area contributed by atoms with Gasteiger partial charge in [-0.2, -0.15) is 0 Å². The molecule has 1 atom stereocenters. The van der Waals surface area contributed by atoms with E-state index in [0.717, 1.165) is 29.7 Å². The van der Waals surface area contributed by atoms with Gasteiger partial charge < -0.3 is 15.0 Å². The van der Waals surface area contributed by atoms with Crippen molar-refractivity contribution in [1.29, 1.82) is 0 Å². The van der Waals surface area contributed by atoms with Gasteiger partial charge in [-0.15, -0.1) is 0 Å². The van der Waals surface area contributed by atoms with Crippen LogP contribution >= 0.6 is 11.6 Å². The van der Waals surface area contributed by atoms with Crippen LogP contribution in [0.1, 0.15) is 33.6 Å². The molecule has 0 spiro atoms. The largest absolute Gasteiger partial charge is 0.381 e. The summed E-state index contributed by atoms with van der Waals surface area (Å²) in [7, 11) is 0. The first kappa shape index (κ1) is 18.8. The number of rotatable bonds is 4. The molecule has 0 bridgehead atoms. The second-order valence-corrected chi connectivity index (χ2v) is 7.47. The number of pyridine rings is 2. The van der Waals surface area contributed by atoms with E-state index in [9.17, 15) is 9.59 Å². The number of aromatic nitrogens is 2. The van der Waals surface area contributed by atoms with Crippen molar-refractivity contribution in [1.82, 2.24) is 20.2 Å². The van der Waals surface area contributed by atoms with Gasteiger partial charge in [0.15, 0.2) is 0 Å². The number of hydrogen-bond donors (Lipinski definition) is 1. The van der Waals surface area contributed by atoms with Crippen molar-refractivity contribution in [3.8, 4) is 0 Å². The zero-order chi connectivity index (χ0) is 19.5. The maximum absolute atomic E-state index is 12.6. The van der Waals surface area contributed by atoms with Crippen LogP contribution in [0.5, 0.6) is 0 Å². The topological polar surface area (TPSA) is 84.4 Å². The molecule has 0 aliphatic carbocycles. The minimum absolute atomic E-state index is 0.0258. The van der Waals surface area contributed by atoms with E-state index >= 15 is 0 Å². The molecular formula is C20H21ClN4O3. The van der Waals surface area contributed by atoms with Gasteiger partial charge in [0.1, 0.15) is 0 Å². The Morgan fingerprint density at radius 2 is 2.25 bits per heavy atom. The first-order valence-corrected chi connectivity index (χ1v) is 9.70. The average Bonchev–Trinajstić information content (AvgIpc) is 3.26. The van der Waals surface area contributed by atoms with Gasteiger partial charge in [0.2, 0.25) is 5.91 Å². The molecule has 1 N–H and O–H groups in total. The molecule has 1 saturated heterocycles. The van der Waals surface area contributed by atoms with Crippen LogP contribution in [0, 0.1) is 5.92 Å². The molecule has 1 unspecified atom stereocenters. The van der Waals surface area contributed by atoms with Crippen molar-refractivity contribution in [2.24, 2.45) is 5.92 Å². The quantitative estimate of drug-likeness (QED) is 0.848. The predicted molar refractivity (Wildman–Crippen MR) is 103 cm³/mol. The molecule has 2 aromatic rings. The Bertz CT molecular complexity index is 899. The first-order chi connectivity index (χ1) is 13.6. The fourth-order valence-corrected chi connectivity index (χ4v) is 3.79. The van der Waals surface area contributed by atoms with E-state index in [1.807, 2.05) is 11.0 Å². The maximum atomic E-state index is 12.6. The second kappa shape index (κ2) is 8.24. The van der Waals surface area contributed by atoms with Gasteiger partial charge in [0, 0.05) is 56.9 Å². The number of hydrogen-bond acceptors (Lipinski definition) is 5. The van der Waals surface area contributed by atoms with Crippen molar-refractivity contribution in [2.75, 3.05) is 19.8 Å². The minimum Gasteiger partial charge on any atom is -0.381 e. The van der Waals surface area contributed by atoms with Crippen LogP contribution in [0.4, 0.5) is 0 Å². The lowest BCUT2D eigenvalue weighted by Crippen LogP contribution is -2.40. The van der Waals surface area contributed by atoms with Crippen molar-refractivity contribution in [3.05, 3.63) is 58.1 Å². The predicted octanol–water partition coefficient (Wildman–Crippen LogP) is 1.98. The summed E-state index contributed by atoms with van der Waals surface area (Å²) in [5, 5.41) is 3.17. The summed E-state index contributed by atoms with van der Waals surface area (Å²) in [6.45, 7) is 2.75. The fraction of sp³-hybridized carbons (Fsp3) is 0.400. The minimum atomic E-state index is -0.261. The van der Waals surface area contributed by atoms with E-state index in [1.54, 1.807) is 12.3 Å². The van der Waals surface area contributed by atoms with Gasteiger partial charge in [-0.25, -0.2) is 0 Å². The standard InChI is InChI=1S/C20H21ClN4O3/c21-17-10-22-4-1-16(17)19(26)24-9-13-7-15-11-25(5-2-18(15)23-8-13)20(27)14-3-6-28-12-14/h1,4,7-8,10,14H,2-3,5-6,9,11-12H2,(H,24,26). The van der Waals surface area contributed by atoms with Gasteiger partial charge in [0.25, 0.3) is 5.91 Å². The van der Waals surface area contributed by atoms with E-state index in [0.29, 0.717) is 43.4 Å². The fourth-order valence-electron chi connectivity index (χ4n) is 3.58. The molecular weight excluding hydrogens is 380 g/mol. The Kier molecular flexibility index (Phi) is 5.54. The van der Waals surface area contributed by atoms with Crippen molar-refractivity contribution < 1.29 is 14.3 Å². The lowest BCUT2D eigenvalue weighted by Gasteiger charge is -2.30. The Balaban J connectivity index is 1.41. The molecule has 4 heterocycles. The summed E-state index contributed by atoms with van der Waals surface area (Å²) in [5.41, 5.74) is 3.32. The average molecular weight is 401 g/mol. The van der Waals surface area contributed by atoms with Gasteiger partial charge in [0.05, 0.1) is 23.1 Å². The van der Waals surface area contributed by atoms with Gasteiger partial charge in [-0.05, 0) is 29.7 Å². The normalized spacial score (nSPS) is 18.6. The molecule has 0 radical (unpaired) electrons. The molecule has 2 amide bonds. The number of nitrogens with zero attached hydrogens (tertiary/aromatic N) is 3. The number of ether oxygens (including phenoxy) is 1. The van der Waals surface area contributed by atoms with Crippen LogP contribution < -0.4 is 5.32 Å². The maximum Gasteiger partial charge on any atom is 0.253 e. The van der Waals surface area contributed by atoms with E-state index in [4.69, 9.17) is 16.3 Å². The van der Waals surface area contributed by atoms with Crippen LogP contribution in [-0.2, 0) is 29.0 Å². The third-order valence-electron chi connectivity index (χ3n) is 5.16.